The fourth-order valence-corrected chi connectivity index (χ4v) is 5.43. The molecule has 3 atom stereocenters. The molecule has 1 fully saturated rings. The number of aliphatic carboxylic acids is 2. The van der Waals surface area contributed by atoms with Gasteiger partial charge in [0.2, 0.25) is 0 Å². The number of carbonyl (C=O) groups is 3. The third-order valence-electron chi connectivity index (χ3n) is 6.15. The number of Topliss-reactive ketones (excluding diaryl/α,β-unsaturated/α-hetero) is 1. The van der Waals surface area contributed by atoms with E-state index >= 15 is 0 Å². The highest BCUT2D eigenvalue weighted by Gasteiger charge is 2.57. The highest BCUT2D eigenvalue weighted by atomic mass is 32.2. The molecule has 4 N–H and O–H groups in total. The zero-order chi connectivity index (χ0) is 23.8. The molecule has 8 heteroatoms. The third kappa shape index (κ3) is 5.82. The Bertz CT molecular complexity index is 956. The minimum Gasteiger partial charge on any atom is -0.480 e. The van der Waals surface area contributed by atoms with Gasteiger partial charge in [-0.05, 0) is 36.8 Å². The van der Waals surface area contributed by atoms with E-state index in [-0.39, 0.29) is 25.1 Å². The number of ketones is 1. The second-order valence-corrected chi connectivity index (χ2v) is 9.34. The van der Waals surface area contributed by atoms with E-state index in [9.17, 15) is 24.6 Å². The Morgan fingerprint density at radius 1 is 1.00 bits per heavy atom. The summed E-state index contributed by atoms with van der Waals surface area (Å²) in [5.74, 6) is -2.14. The Kier molecular flexibility index (Phi) is 8.66. The summed E-state index contributed by atoms with van der Waals surface area (Å²) in [5, 5.41) is 20.1. The molecular weight excluding hydrogens is 440 g/mol. The van der Waals surface area contributed by atoms with E-state index < -0.39 is 35.3 Å². The summed E-state index contributed by atoms with van der Waals surface area (Å²) >= 11 is 1.46. The van der Waals surface area contributed by atoms with E-state index in [0.29, 0.717) is 18.6 Å². The summed E-state index contributed by atoms with van der Waals surface area (Å²) in [6.45, 7) is 0.230. The maximum Gasteiger partial charge on any atom is 0.332 e. The number of nitrogens with two attached hydrogens (primary N) is 1. The Morgan fingerprint density at radius 2 is 1.61 bits per heavy atom. The van der Waals surface area contributed by atoms with Gasteiger partial charge in [-0.25, -0.2) is 4.79 Å². The van der Waals surface area contributed by atoms with Crippen LogP contribution in [0.4, 0.5) is 0 Å². The molecule has 1 aliphatic heterocycles. The molecule has 1 saturated heterocycles. The fourth-order valence-electron chi connectivity index (χ4n) is 4.48. The second-order valence-electron chi connectivity index (χ2n) is 8.31. The second kappa shape index (κ2) is 11.4. The van der Waals surface area contributed by atoms with Crippen LogP contribution in [0.2, 0.25) is 0 Å². The average Bonchev–Trinajstić information content (AvgIpc) is 3.25. The molecule has 0 saturated carbocycles. The summed E-state index contributed by atoms with van der Waals surface area (Å²) < 4.78 is 0. The quantitative estimate of drug-likeness (QED) is 0.405. The molecule has 2 aromatic carbocycles. The summed E-state index contributed by atoms with van der Waals surface area (Å²) in [4.78, 5) is 39.4. The fraction of sp³-hybridized carbons (Fsp3) is 0.400. The van der Waals surface area contributed by atoms with Crippen LogP contribution >= 0.6 is 11.8 Å². The number of nitrogens with zero attached hydrogens (tertiary/aromatic N) is 1. The van der Waals surface area contributed by atoms with Crippen LogP contribution in [-0.4, -0.2) is 62.8 Å². The zero-order valence-corrected chi connectivity index (χ0v) is 19.2. The van der Waals surface area contributed by atoms with E-state index in [1.807, 2.05) is 60.7 Å². The SMILES string of the molecule is N[C@@H](CSCc1ccccc1)C(=O)[C@@]1(C(=O)O)CCCN1C(CCc1ccccc1)C(=O)O. The molecule has 2 aromatic rings. The molecule has 7 nitrogen and oxygen atoms in total. The molecule has 176 valence electrons. The number of benzene rings is 2. The van der Waals surface area contributed by atoms with Gasteiger partial charge in [0.25, 0.3) is 0 Å². The number of carboxylic acids is 2. The van der Waals surface area contributed by atoms with Crippen LogP contribution < -0.4 is 5.73 Å². The smallest absolute Gasteiger partial charge is 0.332 e. The molecule has 0 aliphatic carbocycles. The Hall–Kier alpha value is -2.68. The van der Waals surface area contributed by atoms with Crippen LogP contribution in [-0.2, 0) is 26.6 Å². The molecule has 0 bridgehead atoms. The van der Waals surface area contributed by atoms with Gasteiger partial charge in [0, 0.05) is 18.1 Å². The Morgan fingerprint density at radius 3 is 2.18 bits per heavy atom. The van der Waals surface area contributed by atoms with Gasteiger partial charge in [0.15, 0.2) is 11.3 Å². The lowest BCUT2D eigenvalue weighted by Crippen LogP contribution is -2.65. The van der Waals surface area contributed by atoms with Gasteiger partial charge in [-0.1, -0.05) is 60.7 Å². The molecule has 1 aliphatic rings. The first-order chi connectivity index (χ1) is 15.9. The summed E-state index contributed by atoms with van der Waals surface area (Å²) in [5.41, 5.74) is 6.32. The van der Waals surface area contributed by atoms with Gasteiger partial charge in [-0.2, -0.15) is 11.8 Å². The standard InChI is InChI=1S/C25H30N2O5S/c26-20(17-33-16-19-10-5-2-6-11-19)22(28)25(24(31)32)14-7-15-27(25)21(23(29)30)13-12-18-8-3-1-4-9-18/h1-6,8-11,20-21H,7,12-17,26H2,(H,29,30)(H,31,32)/t20-,21?,25+/m0/s1. The predicted molar refractivity (Wildman–Crippen MR) is 128 cm³/mol. The lowest BCUT2D eigenvalue weighted by molar-refractivity contribution is -0.161. The first-order valence-corrected chi connectivity index (χ1v) is 12.2. The van der Waals surface area contributed by atoms with Gasteiger partial charge in [-0.3, -0.25) is 14.5 Å². The van der Waals surface area contributed by atoms with Gasteiger partial charge in [-0.15, -0.1) is 0 Å². The zero-order valence-electron chi connectivity index (χ0n) is 18.4. The minimum atomic E-state index is -1.91. The molecule has 0 amide bonds. The van der Waals surface area contributed by atoms with Crippen LogP contribution in [0.25, 0.3) is 0 Å². The van der Waals surface area contributed by atoms with Crippen molar-refractivity contribution < 1.29 is 24.6 Å². The van der Waals surface area contributed by atoms with E-state index in [0.717, 1.165) is 11.1 Å². The molecule has 3 rings (SSSR count). The number of hydrogen-bond donors (Lipinski definition) is 3. The van der Waals surface area contributed by atoms with Crippen molar-refractivity contribution in [3.63, 3.8) is 0 Å². The number of rotatable bonds is 12. The van der Waals surface area contributed by atoms with Gasteiger partial charge in [0.05, 0.1) is 6.04 Å². The first-order valence-electron chi connectivity index (χ1n) is 11.0. The summed E-state index contributed by atoms with van der Waals surface area (Å²) in [7, 11) is 0. The van der Waals surface area contributed by atoms with E-state index in [1.165, 1.54) is 16.7 Å². The maximum atomic E-state index is 13.4. The maximum absolute atomic E-state index is 13.4. The number of carbonyl (C=O) groups excluding carboxylic acids is 1. The number of carboxylic acid groups (broad SMARTS) is 2. The molecule has 0 radical (unpaired) electrons. The highest BCUT2D eigenvalue weighted by molar-refractivity contribution is 7.98. The van der Waals surface area contributed by atoms with Gasteiger partial charge >= 0.3 is 11.9 Å². The van der Waals surface area contributed by atoms with Gasteiger partial charge < -0.3 is 15.9 Å². The molecule has 0 spiro atoms. The largest absolute Gasteiger partial charge is 0.480 e. The van der Waals surface area contributed by atoms with Crippen LogP contribution in [0, 0.1) is 0 Å². The summed E-state index contributed by atoms with van der Waals surface area (Å²) in [6.07, 6.45) is 1.17. The monoisotopic (exact) mass is 470 g/mol. The molecule has 1 heterocycles. The van der Waals surface area contributed by atoms with Crippen molar-refractivity contribution >= 4 is 29.5 Å². The van der Waals surface area contributed by atoms with Crippen molar-refractivity contribution in [2.24, 2.45) is 5.73 Å². The average molecular weight is 471 g/mol. The predicted octanol–water partition coefficient (Wildman–Crippen LogP) is 2.82. The van der Waals surface area contributed by atoms with Crippen molar-refractivity contribution in [1.82, 2.24) is 4.90 Å². The molecular formula is C25H30N2O5S. The highest BCUT2D eigenvalue weighted by Crippen LogP contribution is 2.35. The van der Waals surface area contributed by atoms with Crippen LogP contribution in [0.15, 0.2) is 60.7 Å². The first kappa shape index (κ1) is 25.0. The molecule has 33 heavy (non-hydrogen) atoms. The Labute approximate surface area is 198 Å². The van der Waals surface area contributed by atoms with E-state index in [2.05, 4.69) is 0 Å². The number of aryl methyl sites for hydroxylation is 1. The van der Waals surface area contributed by atoms with Crippen molar-refractivity contribution in [2.75, 3.05) is 12.3 Å². The van der Waals surface area contributed by atoms with Gasteiger partial charge in [0.1, 0.15) is 6.04 Å². The third-order valence-corrected chi connectivity index (χ3v) is 7.28. The number of thioether (sulfide) groups is 1. The van der Waals surface area contributed by atoms with E-state index in [4.69, 9.17) is 5.73 Å². The lowest BCUT2D eigenvalue weighted by Gasteiger charge is -2.38. The Balaban J connectivity index is 1.74. The normalized spacial score (nSPS) is 20.3. The van der Waals surface area contributed by atoms with Crippen molar-refractivity contribution in [3.8, 4) is 0 Å². The van der Waals surface area contributed by atoms with Crippen LogP contribution in [0.5, 0.6) is 0 Å². The molecule has 1 unspecified atom stereocenters. The van der Waals surface area contributed by atoms with Crippen molar-refractivity contribution in [2.45, 2.75) is 49.1 Å². The number of likely N-dealkylation sites (tertiary alicyclic amines) is 1. The minimum absolute atomic E-state index is 0.0628. The van der Waals surface area contributed by atoms with Crippen molar-refractivity contribution in [1.29, 1.82) is 0 Å². The topological polar surface area (TPSA) is 121 Å². The summed E-state index contributed by atoms with van der Waals surface area (Å²) in [6, 6.07) is 17.1. The van der Waals surface area contributed by atoms with E-state index in [1.54, 1.807) is 0 Å². The lowest BCUT2D eigenvalue weighted by atomic mass is 9.85. The van der Waals surface area contributed by atoms with Crippen LogP contribution in [0.3, 0.4) is 0 Å². The number of hydrogen-bond acceptors (Lipinski definition) is 6. The van der Waals surface area contributed by atoms with Crippen molar-refractivity contribution in [3.05, 3.63) is 71.8 Å². The van der Waals surface area contributed by atoms with Crippen LogP contribution in [0.1, 0.15) is 30.4 Å². The molecule has 0 aromatic heterocycles.